The monoisotopic (exact) mass is 266 g/mol. The molecule has 18 heavy (non-hydrogen) atoms. The first kappa shape index (κ1) is 14.9. The summed E-state index contributed by atoms with van der Waals surface area (Å²) in [4.78, 5) is 0. The Hall–Kier alpha value is -1.16. The van der Waals surface area contributed by atoms with Crippen LogP contribution in [0.3, 0.4) is 0 Å². The molecule has 0 saturated heterocycles. The molecule has 3 nitrogen and oxygen atoms in total. The molecule has 0 aromatic heterocycles. The number of benzene rings is 1. The van der Waals surface area contributed by atoms with E-state index in [-0.39, 0.29) is 5.84 Å². The first-order chi connectivity index (χ1) is 8.54. The van der Waals surface area contributed by atoms with Crippen LogP contribution in [0.25, 0.3) is 0 Å². The normalized spacial score (nSPS) is 10.7. The summed E-state index contributed by atoms with van der Waals surface area (Å²) in [5.41, 5.74) is 7.37. The van der Waals surface area contributed by atoms with Crippen molar-refractivity contribution in [2.24, 2.45) is 11.7 Å². The minimum Gasteiger partial charge on any atom is -0.496 e. The number of methoxy groups -OCH3 is 1. The maximum atomic E-state index is 7.46. The standard InChI is InChI=1S/C14H22N2OS/c1-10(2)6-7-18-9-12-8-11(14(15)16)4-5-13(12)17-3/h4-5,8,10H,6-7,9H2,1-3H3,(H3,15,16). The Bertz CT molecular complexity index is 405. The van der Waals surface area contributed by atoms with Crippen molar-refractivity contribution in [3.8, 4) is 5.75 Å². The van der Waals surface area contributed by atoms with Crippen molar-refractivity contribution in [2.75, 3.05) is 12.9 Å². The second-order valence-electron chi connectivity index (χ2n) is 4.68. The fourth-order valence-corrected chi connectivity index (χ4v) is 2.79. The van der Waals surface area contributed by atoms with E-state index in [0.29, 0.717) is 0 Å². The van der Waals surface area contributed by atoms with Crippen LogP contribution < -0.4 is 10.5 Å². The first-order valence-electron chi connectivity index (χ1n) is 6.13. The lowest BCUT2D eigenvalue weighted by Gasteiger charge is -2.10. The molecule has 0 aliphatic heterocycles. The van der Waals surface area contributed by atoms with Gasteiger partial charge in [-0.25, -0.2) is 0 Å². The molecule has 3 N–H and O–H groups in total. The van der Waals surface area contributed by atoms with E-state index in [1.807, 2.05) is 30.0 Å². The minimum absolute atomic E-state index is 0.103. The largest absolute Gasteiger partial charge is 0.496 e. The number of hydrogen-bond acceptors (Lipinski definition) is 3. The Kier molecular flexibility index (Phi) is 6.05. The Morgan fingerprint density at radius 3 is 2.72 bits per heavy atom. The molecule has 4 heteroatoms. The zero-order valence-electron chi connectivity index (χ0n) is 11.3. The number of amidine groups is 1. The number of nitrogen functional groups attached to an aromatic ring is 1. The number of nitrogens with one attached hydrogen (secondary N) is 1. The topological polar surface area (TPSA) is 59.1 Å². The smallest absolute Gasteiger partial charge is 0.122 e. The SMILES string of the molecule is COc1ccc(C(=N)N)cc1CSCCC(C)C. The maximum absolute atomic E-state index is 7.46. The zero-order valence-corrected chi connectivity index (χ0v) is 12.1. The van der Waals surface area contributed by atoms with Gasteiger partial charge in [0.15, 0.2) is 0 Å². The summed E-state index contributed by atoms with van der Waals surface area (Å²) in [6, 6.07) is 5.65. The van der Waals surface area contributed by atoms with Gasteiger partial charge in [-0.2, -0.15) is 11.8 Å². The van der Waals surface area contributed by atoms with E-state index < -0.39 is 0 Å². The van der Waals surface area contributed by atoms with Crippen molar-refractivity contribution in [3.63, 3.8) is 0 Å². The third-order valence-electron chi connectivity index (χ3n) is 2.69. The fourth-order valence-electron chi connectivity index (χ4n) is 1.56. The Balaban J connectivity index is 2.66. The fraction of sp³-hybridized carbons (Fsp3) is 0.500. The summed E-state index contributed by atoms with van der Waals surface area (Å²) in [6.45, 7) is 4.47. The molecule has 1 rings (SSSR count). The number of thioether (sulfide) groups is 1. The van der Waals surface area contributed by atoms with Gasteiger partial charge in [-0.05, 0) is 36.3 Å². The molecule has 1 aromatic carbocycles. The Morgan fingerprint density at radius 1 is 1.44 bits per heavy atom. The van der Waals surface area contributed by atoms with E-state index in [0.717, 1.165) is 34.3 Å². The molecule has 0 unspecified atom stereocenters. The van der Waals surface area contributed by atoms with Gasteiger partial charge < -0.3 is 10.5 Å². The van der Waals surface area contributed by atoms with Crippen LogP contribution in [0.5, 0.6) is 5.75 Å². The molecular formula is C14H22N2OS. The van der Waals surface area contributed by atoms with Crippen LogP contribution in [0.4, 0.5) is 0 Å². The predicted molar refractivity (Wildman–Crippen MR) is 79.6 cm³/mol. The highest BCUT2D eigenvalue weighted by atomic mass is 32.2. The maximum Gasteiger partial charge on any atom is 0.122 e. The van der Waals surface area contributed by atoms with Gasteiger partial charge >= 0.3 is 0 Å². The summed E-state index contributed by atoms with van der Waals surface area (Å²) in [5.74, 6) is 3.76. The lowest BCUT2D eigenvalue weighted by molar-refractivity contribution is 0.411. The highest BCUT2D eigenvalue weighted by Crippen LogP contribution is 2.25. The lowest BCUT2D eigenvalue weighted by Crippen LogP contribution is -2.11. The molecule has 0 aliphatic carbocycles. The quantitative estimate of drug-likeness (QED) is 0.452. The van der Waals surface area contributed by atoms with E-state index in [1.54, 1.807) is 7.11 Å². The Labute approximate surface area is 114 Å². The van der Waals surface area contributed by atoms with Crippen LogP contribution in [0.15, 0.2) is 18.2 Å². The van der Waals surface area contributed by atoms with Crippen LogP contribution in [0, 0.1) is 11.3 Å². The molecule has 0 atom stereocenters. The third kappa shape index (κ3) is 4.61. The van der Waals surface area contributed by atoms with Crippen LogP contribution >= 0.6 is 11.8 Å². The van der Waals surface area contributed by atoms with Crippen molar-refractivity contribution >= 4 is 17.6 Å². The molecular weight excluding hydrogens is 244 g/mol. The highest BCUT2D eigenvalue weighted by Gasteiger charge is 2.06. The van der Waals surface area contributed by atoms with Crippen LogP contribution in [-0.4, -0.2) is 18.7 Å². The Morgan fingerprint density at radius 2 is 2.17 bits per heavy atom. The third-order valence-corrected chi connectivity index (χ3v) is 3.73. The van der Waals surface area contributed by atoms with Crippen molar-refractivity contribution in [2.45, 2.75) is 26.0 Å². The molecule has 0 radical (unpaired) electrons. The van der Waals surface area contributed by atoms with Gasteiger partial charge in [-0.1, -0.05) is 13.8 Å². The molecule has 0 fully saturated rings. The summed E-state index contributed by atoms with van der Waals surface area (Å²) in [7, 11) is 1.67. The van der Waals surface area contributed by atoms with E-state index in [9.17, 15) is 0 Å². The zero-order chi connectivity index (χ0) is 13.5. The summed E-state index contributed by atoms with van der Waals surface area (Å²) < 4.78 is 5.33. The number of ether oxygens (including phenoxy) is 1. The molecule has 0 spiro atoms. The summed E-state index contributed by atoms with van der Waals surface area (Å²) in [5, 5.41) is 7.46. The summed E-state index contributed by atoms with van der Waals surface area (Å²) >= 11 is 1.89. The number of nitrogens with two attached hydrogens (primary N) is 1. The van der Waals surface area contributed by atoms with E-state index in [1.165, 1.54) is 6.42 Å². The van der Waals surface area contributed by atoms with E-state index in [2.05, 4.69) is 13.8 Å². The number of hydrogen-bond donors (Lipinski definition) is 2. The van der Waals surface area contributed by atoms with Crippen LogP contribution in [0.2, 0.25) is 0 Å². The average molecular weight is 266 g/mol. The molecule has 0 heterocycles. The van der Waals surface area contributed by atoms with Gasteiger partial charge in [0.05, 0.1) is 7.11 Å². The second-order valence-corrected chi connectivity index (χ2v) is 5.78. The van der Waals surface area contributed by atoms with Gasteiger partial charge in [-0.3, -0.25) is 5.41 Å². The minimum atomic E-state index is 0.103. The highest BCUT2D eigenvalue weighted by molar-refractivity contribution is 7.98. The van der Waals surface area contributed by atoms with Gasteiger partial charge in [-0.15, -0.1) is 0 Å². The van der Waals surface area contributed by atoms with E-state index in [4.69, 9.17) is 15.9 Å². The van der Waals surface area contributed by atoms with Crippen molar-refractivity contribution in [1.29, 1.82) is 5.41 Å². The predicted octanol–water partition coefficient (Wildman–Crippen LogP) is 3.26. The molecule has 0 amide bonds. The lowest BCUT2D eigenvalue weighted by atomic mass is 10.1. The molecule has 1 aromatic rings. The van der Waals surface area contributed by atoms with Crippen molar-refractivity contribution < 1.29 is 4.74 Å². The number of rotatable bonds is 7. The van der Waals surface area contributed by atoms with Crippen LogP contribution in [0.1, 0.15) is 31.4 Å². The molecule has 0 aliphatic rings. The average Bonchev–Trinajstić information content (AvgIpc) is 2.34. The molecule has 0 bridgehead atoms. The van der Waals surface area contributed by atoms with Crippen molar-refractivity contribution in [3.05, 3.63) is 29.3 Å². The van der Waals surface area contributed by atoms with Crippen LogP contribution in [-0.2, 0) is 5.75 Å². The van der Waals surface area contributed by atoms with Gasteiger partial charge in [0.2, 0.25) is 0 Å². The summed E-state index contributed by atoms with van der Waals surface area (Å²) in [6.07, 6.45) is 1.22. The second kappa shape index (κ2) is 7.31. The van der Waals surface area contributed by atoms with E-state index >= 15 is 0 Å². The molecule has 100 valence electrons. The molecule has 0 saturated carbocycles. The van der Waals surface area contributed by atoms with Gasteiger partial charge in [0.25, 0.3) is 0 Å². The first-order valence-corrected chi connectivity index (χ1v) is 7.29. The van der Waals surface area contributed by atoms with Gasteiger partial charge in [0, 0.05) is 16.9 Å². The van der Waals surface area contributed by atoms with Gasteiger partial charge in [0.1, 0.15) is 11.6 Å². The van der Waals surface area contributed by atoms with Crippen molar-refractivity contribution in [1.82, 2.24) is 0 Å².